The first-order valence-electron chi connectivity index (χ1n) is 3.93. The molecule has 0 aliphatic heterocycles. The SMILES string of the molecule is O=C(O)c1ccccc1OC(F)C(F)F. The van der Waals surface area contributed by atoms with Gasteiger partial charge in [0, 0.05) is 0 Å². The van der Waals surface area contributed by atoms with Crippen molar-refractivity contribution in [2.24, 2.45) is 0 Å². The normalized spacial score (nSPS) is 12.5. The summed E-state index contributed by atoms with van der Waals surface area (Å²) in [5, 5.41) is 8.63. The first kappa shape index (κ1) is 11.4. The van der Waals surface area contributed by atoms with Crippen molar-refractivity contribution in [1.29, 1.82) is 0 Å². The summed E-state index contributed by atoms with van der Waals surface area (Å²) in [6, 6.07) is 4.99. The zero-order valence-electron chi connectivity index (χ0n) is 7.36. The third-order valence-corrected chi connectivity index (χ3v) is 1.56. The Balaban J connectivity index is 2.89. The Kier molecular flexibility index (Phi) is 3.54. The van der Waals surface area contributed by atoms with E-state index in [1.807, 2.05) is 0 Å². The fourth-order valence-corrected chi connectivity index (χ4v) is 0.919. The van der Waals surface area contributed by atoms with Crippen LogP contribution in [0.15, 0.2) is 24.3 Å². The Bertz CT molecular complexity index is 354. The Hall–Kier alpha value is -1.72. The molecule has 1 N–H and O–H groups in total. The maximum absolute atomic E-state index is 12.5. The van der Waals surface area contributed by atoms with E-state index in [0.717, 1.165) is 12.1 Å². The molecule has 0 aliphatic carbocycles. The summed E-state index contributed by atoms with van der Waals surface area (Å²) in [4.78, 5) is 10.6. The molecule has 1 unspecified atom stereocenters. The zero-order valence-corrected chi connectivity index (χ0v) is 7.36. The van der Waals surface area contributed by atoms with Crippen molar-refractivity contribution >= 4 is 5.97 Å². The van der Waals surface area contributed by atoms with Crippen molar-refractivity contribution in [2.75, 3.05) is 0 Å². The van der Waals surface area contributed by atoms with Gasteiger partial charge in [-0.25, -0.2) is 13.6 Å². The maximum Gasteiger partial charge on any atom is 0.339 e. The minimum absolute atomic E-state index is 0.360. The van der Waals surface area contributed by atoms with E-state index in [-0.39, 0.29) is 5.56 Å². The molecule has 0 radical (unpaired) electrons. The second-order valence-corrected chi connectivity index (χ2v) is 2.60. The van der Waals surface area contributed by atoms with E-state index in [0.29, 0.717) is 0 Å². The standard InChI is InChI=1S/C9H7F3O3/c10-7(11)8(12)15-6-4-2-1-3-5(6)9(13)14/h1-4,7-8H,(H,13,14). The van der Waals surface area contributed by atoms with Crippen LogP contribution in [-0.2, 0) is 0 Å². The highest BCUT2D eigenvalue weighted by Crippen LogP contribution is 2.21. The lowest BCUT2D eigenvalue weighted by Gasteiger charge is -2.11. The molecule has 6 heteroatoms. The minimum Gasteiger partial charge on any atom is -0.478 e. The molecular formula is C9H7F3O3. The largest absolute Gasteiger partial charge is 0.478 e. The van der Waals surface area contributed by atoms with Gasteiger partial charge in [-0.15, -0.1) is 0 Å². The number of aromatic carboxylic acids is 1. The van der Waals surface area contributed by atoms with Crippen molar-refractivity contribution in [1.82, 2.24) is 0 Å². The van der Waals surface area contributed by atoms with Gasteiger partial charge in [0.15, 0.2) is 0 Å². The van der Waals surface area contributed by atoms with Gasteiger partial charge < -0.3 is 9.84 Å². The van der Waals surface area contributed by atoms with Crippen molar-refractivity contribution in [3.05, 3.63) is 29.8 Å². The average molecular weight is 220 g/mol. The Morgan fingerprint density at radius 2 is 1.87 bits per heavy atom. The number of carboxylic acids is 1. The fraction of sp³-hybridized carbons (Fsp3) is 0.222. The molecule has 1 aromatic rings. The van der Waals surface area contributed by atoms with E-state index < -0.39 is 24.5 Å². The fourth-order valence-electron chi connectivity index (χ4n) is 0.919. The third-order valence-electron chi connectivity index (χ3n) is 1.56. The van der Waals surface area contributed by atoms with Crippen LogP contribution in [0.1, 0.15) is 10.4 Å². The molecule has 3 nitrogen and oxygen atoms in total. The zero-order chi connectivity index (χ0) is 11.4. The van der Waals surface area contributed by atoms with Gasteiger partial charge in [-0.3, -0.25) is 0 Å². The predicted molar refractivity (Wildman–Crippen MR) is 44.9 cm³/mol. The van der Waals surface area contributed by atoms with Crippen LogP contribution in [0.25, 0.3) is 0 Å². The highest BCUT2D eigenvalue weighted by atomic mass is 19.3. The first-order chi connectivity index (χ1) is 7.02. The molecule has 0 aliphatic rings. The highest BCUT2D eigenvalue weighted by molar-refractivity contribution is 5.90. The lowest BCUT2D eigenvalue weighted by Crippen LogP contribution is -2.20. The Morgan fingerprint density at radius 1 is 1.27 bits per heavy atom. The predicted octanol–water partition coefficient (Wildman–Crippen LogP) is 2.32. The highest BCUT2D eigenvalue weighted by Gasteiger charge is 2.23. The molecular weight excluding hydrogens is 213 g/mol. The molecule has 0 heterocycles. The number of para-hydroxylation sites is 1. The smallest absolute Gasteiger partial charge is 0.339 e. The van der Waals surface area contributed by atoms with Crippen LogP contribution < -0.4 is 4.74 Å². The summed E-state index contributed by atoms with van der Waals surface area (Å²) in [5.41, 5.74) is -0.360. The number of halogens is 3. The number of hydrogen-bond donors (Lipinski definition) is 1. The summed E-state index contributed by atoms with van der Waals surface area (Å²) < 4.78 is 40.3. The molecule has 1 atom stereocenters. The summed E-state index contributed by atoms with van der Waals surface area (Å²) in [6.45, 7) is 0. The molecule has 0 bridgehead atoms. The lowest BCUT2D eigenvalue weighted by molar-refractivity contribution is -0.0672. The van der Waals surface area contributed by atoms with E-state index in [1.165, 1.54) is 12.1 Å². The number of hydrogen-bond acceptors (Lipinski definition) is 2. The second-order valence-electron chi connectivity index (χ2n) is 2.60. The van der Waals surface area contributed by atoms with Gasteiger partial charge in [0.2, 0.25) is 0 Å². The molecule has 0 fully saturated rings. The Morgan fingerprint density at radius 3 is 2.40 bits per heavy atom. The lowest BCUT2D eigenvalue weighted by atomic mass is 10.2. The van der Waals surface area contributed by atoms with E-state index >= 15 is 0 Å². The molecule has 0 saturated carbocycles. The monoisotopic (exact) mass is 220 g/mol. The molecule has 0 aromatic heterocycles. The summed E-state index contributed by atoms with van der Waals surface area (Å²) in [6.07, 6.45) is -6.14. The van der Waals surface area contributed by atoms with Gasteiger partial charge >= 0.3 is 12.4 Å². The van der Waals surface area contributed by atoms with Crippen LogP contribution in [0, 0.1) is 0 Å². The van der Waals surface area contributed by atoms with E-state index in [4.69, 9.17) is 5.11 Å². The molecule has 0 amide bonds. The minimum atomic E-state index is -3.31. The van der Waals surface area contributed by atoms with Crippen LogP contribution >= 0.6 is 0 Å². The second kappa shape index (κ2) is 4.68. The van der Waals surface area contributed by atoms with E-state index in [2.05, 4.69) is 4.74 Å². The van der Waals surface area contributed by atoms with Gasteiger partial charge in [-0.05, 0) is 12.1 Å². The van der Waals surface area contributed by atoms with Crippen molar-refractivity contribution in [2.45, 2.75) is 12.8 Å². The summed E-state index contributed by atoms with van der Waals surface area (Å²) >= 11 is 0. The van der Waals surface area contributed by atoms with Gasteiger partial charge in [0.05, 0.1) is 0 Å². The van der Waals surface area contributed by atoms with Crippen molar-refractivity contribution < 1.29 is 27.8 Å². The van der Waals surface area contributed by atoms with Crippen molar-refractivity contribution in [3.8, 4) is 5.75 Å². The molecule has 15 heavy (non-hydrogen) atoms. The number of alkyl halides is 3. The van der Waals surface area contributed by atoms with Gasteiger partial charge in [-0.1, -0.05) is 12.1 Å². The number of ether oxygens (including phenoxy) is 1. The molecule has 0 spiro atoms. The number of carbonyl (C=O) groups is 1. The van der Waals surface area contributed by atoms with Crippen LogP contribution in [0.3, 0.4) is 0 Å². The average Bonchev–Trinajstić information content (AvgIpc) is 2.18. The van der Waals surface area contributed by atoms with Gasteiger partial charge in [-0.2, -0.15) is 4.39 Å². The van der Waals surface area contributed by atoms with Gasteiger partial charge in [0.1, 0.15) is 11.3 Å². The molecule has 0 saturated heterocycles. The first-order valence-corrected chi connectivity index (χ1v) is 3.93. The van der Waals surface area contributed by atoms with Crippen molar-refractivity contribution in [3.63, 3.8) is 0 Å². The summed E-state index contributed by atoms with van der Waals surface area (Å²) in [7, 11) is 0. The number of benzene rings is 1. The topological polar surface area (TPSA) is 46.5 Å². The van der Waals surface area contributed by atoms with Gasteiger partial charge in [0.25, 0.3) is 6.36 Å². The number of carboxylic acid groups (broad SMARTS) is 1. The summed E-state index contributed by atoms with van der Waals surface area (Å²) in [5.74, 6) is -1.79. The van der Waals surface area contributed by atoms with E-state index in [1.54, 1.807) is 0 Å². The van der Waals surface area contributed by atoms with E-state index in [9.17, 15) is 18.0 Å². The molecule has 82 valence electrons. The number of rotatable bonds is 4. The quantitative estimate of drug-likeness (QED) is 0.846. The molecule has 1 rings (SSSR count). The van der Waals surface area contributed by atoms with Crippen LogP contribution in [0.4, 0.5) is 13.2 Å². The molecule has 1 aromatic carbocycles. The van der Waals surface area contributed by atoms with Crippen LogP contribution in [0.5, 0.6) is 5.75 Å². The maximum atomic E-state index is 12.5. The third kappa shape index (κ3) is 2.87. The Labute approximate surface area is 83.1 Å². The van der Waals surface area contributed by atoms with Crippen LogP contribution in [0.2, 0.25) is 0 Å². The van der Waals surface area contributed by atoms with Crippen LogP contribution in [-0.4, -0.2) is 23.9 Å².